The van der Waals surface area contributed by atoms with Crippen molar-refractivity contribution in [2.45, 2.75) is 77.2 Å². The summed E-state index contributed by atoms with van der Waals surface area (Å²) >= 11 is 0. The number of ether oxygens (including phenoxy) is 3. The van der Waals surface area contributed by atoms with E-state index in [9.17, 15) is 9.59 Å². The van der Waals surface area contributed by atoms with E-state index in [1.54, 1.807) is 17.7 Å². The SMILES string of the molecule is COc1cc2c(cc1OCCCCCCCCOc1ccc(-n3c(-c4ccccc4)nc4ccc(N5CCC(C)CC5)cc4c3=O)cc1)N=C[C@@H]1CCCN1C2=O. The van der Waals surface area contributed by atoms with E-state index < -0.39 is 0 Å². The van der Waals surface area contributed by atoms with Gasteiger partial charge in [-0.2, -0.15) is 0 Å². The van der Waals surface area contributed by atoms with Gasteiger partial charge >= 0.3 is 0 Å². The highest BCUT2D eigenvalue weighted by Gasteiger charge is 2.32. The van der Waals surface area contributed by atoms with E-state index in [2.05, 4.69) is 22.9 Å². The zero-order valence-corrected chi connectivity index (χ0v) is 33.2. The fourth-order valence-electron chi connectivity index (χ4n) is 8.25. The molecule has 0 bridgehead atoms. The summed E-state index contributed by atoms with van der Waals surface area (Å²) in [6.07, 6.45) is 12.5. The molecule has 3 aliphatic rings. The molecule has 4 heterocycles. The van der Waals surface area contributed by atoms with Crippen LogP contribution in [-0.2, 0) is 0 Å². The number of carbonyl (C=O) groups excluding carboxylic acids is 1. The first kappa shape index (κ1) is 38.2. The van der Waals surface area contributed by atoms with Crippen molar-refractivity contribution in [3.8, 4) is 34.3 Å². The highest BCUT2D eigenvalue weighted by molar-refractivity contribution is 6.03. The molecule has 0 spiro atoms. The van der Waals surface area contributed by atoms with Crippen LogP contribution in [0.2, 0.25) is 0 Å². The number of benzene rings is 4. The number of aromatic nitrogens is 2. The molecule has 0 N–H and O–H groups in total. The van der Waals surface area contributed by atoms with Crippen molar-refractivity contribution in [2.75, 3.05) is 44.9 Å². The van der Waals surface area contributed by atoms with Gasteiger partial charge in [0, 0.05) is 43.2 Å². The van der Waals surface area contributed by atoms with Crippen LogP contribution in [0, 0.1) is 5.92 Å². The van der Waals surface area contributed by atoms with Crippen LogP contribution in [-0.4, -0.2) is 72.6 Å². The van der Waals surface area contributed by atoms with Crippen LogP contribution in [0.15, 0.2) is 94.7 Å². The van der Waals surface area contributed by atoms with Crippen molar-refractivity contribution in [3.05, 3.63) is 101 Å². The molecule has 10 nitrogen and oxygen atoms in total. The van der Waals surface area contributed by atoms with Crippen LogP contribution >= 0.6 is 0 Å². The van der Waals surface area contributed by atoms with Gasteiger partial charge in [-0.05, 0) is 93.0 Å². The molecule has 1 amide bonds. The number of hydrogen-bond acceptors (Lipinski definition) is 8. The van der Waals surface area contributed by atoms with E-state index in [-0.39, 0.29) is 17.5 Å². The van der Waals surface area contributed by atoms with E-state index in [0.717, 1.165) is 112 Å². The standard InChI is InChI=1S/C47H53N5O5/c1-33-22-25-50(26-23-33)36-18-21-41-39(29-36)47(54)52(45(49-41)34-13-8-7-9-14-34)35-16-19-38(20-17-35)56-27-10-5-3-4-6-11-28-57-44-31-42-40(30-43(44)55-2)46(53)51-24-12-15-37(51)32-48-42/h7-9,13-14,16-21,29-33,37H,3-6,10-12,15,22-28H2,1-2H3/t37-/m0/s1. The summed E-state index contributed by atoms with van der Waals surface area (Å²) in [5, 5.41) is 0.623. The van der Waals surface area contributed by atoms with E-state index in [1.165, 1.54) is 0 Å². The molecule has 0 saturated carbocycles. The predicted molar refractivity (Wildman–Crippen MR) is 227 cm³/mol. The summed E-state index contributed by atoms with van der Waals surface area (Å²) in [6.45, 7) is 6.29. The van der Waals surface area contributed by atoms with E-state index in [1.807, 2.05) is 83.9 Å². The van der Waals surface area contributed by atoms with E-state index in [0.29, 0.717) is 52.7 Å². The highest BCUT2D eigenvalue weighted by Crippen LogP contribution is 2.38. The molecule has 296 valence electrons. The van der Waals surface area contributed by atoms with Crippen LogP contribution in [0.1, 0.15) is 81.5 Å². The Hall–Kier alpha value is -5.64. The van der Waals surface area contributed by atoms with Gasteiger partial charge in [0.1, 0.15) is 11.6 Å². The van der Waals surface area contributed by atoms with Crippen LogP contribution in [0.3, 0.4) is 0 Å². The van der Waals surface area contributed by atoms with Gasteiger partial charge in [0.15, 0.2) is 11.5 Å². The number of methoxy groups -OCH3 is 1. The van der Waals surface area contributed by atoms with Gasteiger partial charge in [0.25, 0.3) is 11.5 Å². The number of rotatable bonds is 15. The number of aliphatic imine (C=N–C) groups is 1. The fraction of sp³-hybridized carbons (Fsp3) is 0.404. The first-order valence-corrected chi connectivity index (χ1v) is 20.8. The molecular weight excluding hydrogens is 715 g/mol. The van der Waals surface area contributed by atoms with Gasteiger partial charge in [-0.3, -0.25) is 19.1 Å². The van der Waals surface area contributed by atoms with Gasteiger partial charge in [-0.25, -0.2) is 4.98 Å². The Bertz CT molecular complexity index is 2260. The second-order valence-electron chi connectivity index (χ2n) is 15.6. The van der Waals surface area contributed by atoms with E-state index >= 15 is 0 Å². The summed E-state index contributed by atoms with van der Waals surface area (Å²) in [4.78, 5) is 41.4. The Morgan fingerprint density at radius 1 is 0.737 bits per heavy atom. The molecule has 2 fully saturated rings. The fourth-order valence-corrected chi connectivity index (χ4v) is 8.25. The summed E-state index contributed by atoms with van der Waals surface area (Å²) < 4.78 is 19.6. The molecule has 3 aliphatic heterocycles. The summed E-state index contributed by atoms with van der Waals surface area (Å²) in [5.41, 5.74) is 4.57. The zero-order chi connectivity index (χ0) is 39.1. The van der Waals surface area contributed by atoms with Gasteiger partial charge in [0.05, 0.1) is 54.2 Å². The Morgan fingerprint density at radius 2 is 1.46 bits per heavy atom. The first-order chi connectivity index (χ1) is 28.0. The average Bonchev–Trinajstić information content (AvgIpc) is 3.68. The summed E-state index contributed by atoms with van der Waals surface area (Å²) in [7, 11) is 1.61. The molecule has 1 aromatic heterocycles. The monoisotopic (exact) mass is 767 g/mol. The number of unbranched alkanes of at least 4 members (excludes halogenated alkanes) is 5. The van der Waals surface area contributed by atoms with Gasteiger partial charge in [-0.1, -0.05) is 62.9 Å². The Morgan fingerprint density at radius 3 is 2.21 bits per heavy atom. The zero-order valence-electron chi connectivity index (χ0n) is 33.2. The Kier molecular flexibility index (Phi) is 11.8. The smallest absolute Gasteiger partial charge is 0.266 e. The maximum absolute atomic E-state index is 14.3. The molecule has 4 aromatic carbocycles. The Labute approximate surface area is 335 Å². The highest BCUT2D eigenvalue weighted by atomic mass is 16.5. The van der Waals surface area contributed by atoms with Crippen molar-refractivity contribution < 1.29 is 19.0 Å². The van der Waals surface area contributed by atoms with Gasteiger partial charge in [0.2, 0.25) is 0 Å². The van der Waals surface area contributed by atoms with Crippen molar-refractivity contribution in [1.82, 2.24) is 14.5 Å². The largest absolute Gasteiger partial charge is 0.494 e. The average molecular weight is 768 g/mol. The second kappa shape index (κ2) is 17.7. The third kappa shape index (κ3) is 8.55. The quantitative estimate of drug-likeness (QED) is 0.0980. The van der Waals surface area contributed by atoms with Crippen molar-refractivity contribution >= 4 is 34.4 Å². The first-order valence-electron chi connectivity index (χ1n) is 20.8. The van der Waals surface area contributed by atoms with Crippen LogP contribution in [0.4, 0.5) is 11.4 Å². The molecule has 5 aromatic rings. The molecular formula is C47H53N5O5. The third-order valence-corrected chi connectivity index (χ3v) is 11.7. The Balaban J connectivity index is 0.819. The number of anilines is 1. The minimum Gasteiger partial charge on any atom is -0.494 e. The number of amides is 1. The maximum atomic E-state index is 14.3. The van der Waals surface area contributed by atoms with Crippen LogP contribution in [0.25, 0.3) is 28.0 Å². The molecule has 57 heavy (non-hydrogen) atoms. The van der Waals surface area contributed by atoms with Crippen molar-refractivity contribution in [1.29, 1.82) is 0 Å². The second-order valence-corrected chi connectivity index (χ2v) is 15.6. The number of nitrogens with zero attached hydrogens (tertiary/aromatic N) is 5. The normalized spacial score (nSPS) is 16.7. The summed E-state index contributed by atoms with van der Waals surface area (Å²) in [6, 6.07) is 27.5. The van der Waals surface area contributed by atoms with Crippen LogP contribution < -0.4 is 24.7 Å². The lowest BCUT2D eigenvalue weighted by Gasteiger charge is -2.32. The van der Waals surface area contributed by atoms with Crippen molar-refractivity contribution in [2.24, 2.45) is 10.9 Å². The molecule has 8 rings (SSSR count). The minimum absolute atomic E-state index is 0.0136. The minimum atomic E-state index is -0.0762. The number of carbonyl (C=O) groups is 1. The number of fused-ring (bicyclic) bond motifs is 3. The lowest BCUT2D eigenvalue weighted by molar-refractivity contribution is 0.0774. The molecule has 2 saturated heterocycles. The van der Waals surface area contributed by atoms with E-state index in [4.69, 9.17) is 19.2 Å². The number of hydrogen-bond donors (Lipinski definition) is 0. The topological polar surface area (TPSA) is 98.5 Å². The molecule has 10 heteroatoms. The lowest BCUT2D eigenvalue weighted by atomic mass is 9.98. The summed E-state index contributed by atoms with van der Waals surface area (Å²) in [5.74, 6) is 3.34. The molecule has 0 aliphatic carbocycles. The molecule has 1 atom stereocenters. The molecule has 0 unspecified atom stereocenters. The van der Waals surface area contributed by atoms with Crippen LogP contribution in [0.5, 0.6) is 17.2 Å². The lowest BCUT2D eigenvalue weighted by Crippen LogP contribution is -2.35. The van der Waals surface area contributed by atoms with Crippen molar-refractivity contribution in [3.63, 3.8) is 0 Å². The maximum Gasteiger partial charge on any atom is 0.266 e. The predicted octanol–water partition coefficient (Wildman–Crippen LogP) is 9.42. The van der Waals surface area contributed by atoms with Gasteiger partial charge < -0.3 is 24.0 Å². The van der Waals surface area contributed by atoms with Gasteiger partial charge in [-0.15, -0.1) is 0 Å². The molecule has 0 radical (unpaired) electrons. The number of piperidine rings is 1. The third-order valence-electron chi connectivity index (χ3n) is 11.7.